The second kappa shape index (κ2) is 12.8. The van der Waals surface area contributed by atoms with Crippen molar-refractivity contribution in [3.63, 3.8) is 0 Å². The van der Waals surface area contributed by atoms with E-state index in [-0.39, 0.29) is 0 Å². The van der Waals surface area contributed by atoms with Crippen LogP contribution >= 0.6 is 0 Å². The van der Waals surface area contributed by atoms with Crippen LogP contribution in [0.5, 0.6) is 11.5 Å². The van der Waals surface area contributed by atoms with Gasteiger partial charge >= 0.3 is 0 Å². The first kappa shape index (κ1) is 31.4. The number of ether oxygens (including phenoxy) is 1. The van der Waals surface area contributed by atoms with Crippen molar-refractivity contribution < 1.29 is 4.74 Å². The lowest BCUT2D eigenvalue weighted by Gasteiger charge is -2.14. The van der Waals surface area contributed by atoms with Gasteiger partial charge in [0.15, 0.2) is 0 Å². The van der Waals surface area contributed by atoms with Gasteiger partial charge in [-0.1, -0.05) is 64.1 Å². The molecule has 0 bridgehead atoms. The molecule has 0 aliphatic carbocycles. The van der Waals surface area contributed by atoms with E-state index in [4.69, 9.17) is 14.8 Å². The standard InChI is InChI=1S/C43H44N4O/c1-27(2)19-32-13-16-40-39(24-32)38-15-14-36(26-41(38)46(40)42-21-29(5)17-18-44-42)48-37-23-33(20-28(3)4)22-35(25-37)47-31(7)43(30(6)45-47)34-11-9-8-10-12-34/h8-18,21-28H,19-20H2,1-7H3. The number of hydrogen-bond acceptors (Lipinski definition) is 3. The van der Waals surface area contributed by atoms with Crippen LogP contribution < -0.4 is 4.74 Å². The topological polar surface area (TPSA) is 44.9 Å². The Balaban J connectivity index is 1.34. The van der Waals surface area contributed by atoms with Gasteiger partial charge in [-0.2, -0.15) is 5.10 Å². The average Bonchev–Trinajstić information content (AvgIpc) is 3.53. The Morgan fingerprint density at radius 3 is 2.19 bits per heavy atom. The first-order valence-corrected chi connectivity index (χ1v) is 17.1. The van der Waals surface area contributed by atoms with Crippen LogP contribution in [0.1, 0.15) is 55.8 Å². The summed E-state index contributed by atoms with van der Waals surface area (Å²) in [6.45, 7) is 15.4. The van der Waals surface area contributed by atoms with Gasteiger partial charge in [0.1, 0.15) is 17.3 Å². The molecular formula is C43H44N4O. The van der Waals surface area contributed by atoms with E-state index in [0.717, 1.165) is 58.3 Å². The molecule has 7 aromatic rings. The molecule has 0 aliphatic heterocycles. The van der Waals surface area contributed by atoms with Gasteiger partial charge in [-0.05, 0) is 116 Å². The van der Waals surface area contributed by atoms with Gasteiger partial charge in [0.25, 0.3) is 0 Å². The summed E-state index contributed by atoms with van der Waals surface area (Å²) in [4.78, 5) is 4.80. The van der Waals surface area contributed by atoms with Gasteiger partial charge in [-0.25, -0.2) is 9.67 Å². The summed E-state index contributed by atoms with van der Waals surface area (Å²) >= 11 is 0. The summed E-state index contributed by atoms with van der Waals surface area (Å²) < 4.78 is 11.1. The molecule has 0 fully saturated rings. The van der Waals surface area contributed by atoms with E-state index in [1.807, 2.05) is 12.3 Å². The molecule has 242 valence electrons. The number of fused-ring (bicyclic) bond motifs is 3. The summed E-state index contributed by atoms with van der Waals surface area (Å²) in [6, 6.07) is 34.5. The van der Waals surface area contributed by atoms with E-state index in [1.165, 1.54) is 38.6 Å². The Morgan fingerprint density at radius 1 is 0.667 bits per heavy atom. The van der Waals surface area contributed by atoms with Crippen molar-refractivity contribution >= 4 is 21.8 Å². The molecule has 0 saturated heterocycles. The first-order chi connectivity index (χ1) is 23.1. The molecule has 3 heterocycles. The smallest absolute Gasteiger partial charge is 0.137 e. The summed E-state index contributed by atoms with van der Waals surface area (Å²) in [5.41, 5.74) is 11.4. The van der Waals surface area contributed by atoms with E-state index < -0.39 is 0 Å². The van der Waals surface area contributed by atoms with Crippen molar-refractivity contribution in [3.8, 4) is 34.1 Å². The van der Waals surface area contributed by atoms with Crippen molar-refractivity contribution in [2.75, 3.05) is 0 Å². The normalized spacial score (nSPS) is 11.8. The van der Waals surface area contributed by atoms with Crippen LogP contribution in [-0.4, -0.2) is 19.3 Å². The minimum absolute atomic E-state index is 0.503. The third-order valence-corrected chi connectivity index (χ3v) is 9.01. The van der Waals surface area contributed by atoms with E-state index >= 15 is 0 Å². The number of pyridine rings is 1. The summed E-state index contributed by atoms with van der Waals surface area (Å²) in [6.07, 6.45) is 3.88. The zero-order valence-corrected chi connectivity index (χ0v) is 29.1. The molecule has 0 saturated carbocycles. The fraction of sp³-hybridized carbons (Fsp3) is 0.256. The lowest BCUT2D eigenvalue weighted by molar-refractivity contribution is 0.481. The highest BCUT2D eigenvalue weighted by Crippen LogP contribution is 2.37. The van der Waals surface area contributed by atoms with Gasteiger partial charge in [0.05, 0.1) is 22.4 Å². The van der Waals surface area contributed by atoms with Crippen molar-refractivity contribution in [1.82, 2.24) is 19.3 Å². The zero-order chi connectivity index (χ0) is 33.5. The van der Waals surface area contributed by atoms with Crippen LogP contribution in [0.15, 0.2) is 103 Å². The van der Waals surface area contributed by atoms with Crippen LogP contribution in [0.4, 0.5) is 0 Å². The Morgan fingerprint density at radius 2 is 1.44 bits per heavy atom. The molecule has 0 atom stereocenters. The molecule has 0 N–H and O–H groups in total. The number of nitrogens with zero attached hydrogens (tertiary/aromatic N) is 4. The van der Waals surface area contributed by atoms with Gasteiger partial charge in [-0.15, -0.1) is 0 Å². The largest absolute Gasteiger partial charge is 0.457 e. The van der Waals surface area contributed by atoms with Crippen molar-refractivity contribution in [2.45, 2.75) is 61.3 Å². The van der Waals surface area contributed by atoms with Crippen LogP contribution in [0.25, 0.3) is 44.4 Å². The molecule has 0 amide bonds. The Labute approximate surface area is 283 Å². The van der Waals surface area contributed by atoms with Gasteiger partial charge < -0.3 is 4.74 Å². The average molecular weight is 633 g/mol. The minimum Gasteiger partial charge on any atom is -0.457 e. The Hall–Kier alpha value is -5.16. The number of aromatic nitrogens is 4. The van der Waals surface area contributed by atoms with Crippen molar-refractivity contribution in [2.24, 2.45) is 11.8 Å². The predicted octanol–water partition coefficient (Wildman–Crippen LogP) is 11.1. The van der Waals surface area contributed by atoms with Gasteiger partial charge in [0.2, 0.25) is 0 Å². The van der Waals surface area contributed by atoms with Crippen LogP contribution in [-0.2, 0) is 12.8 Å². The highest BCUT2D eigenvalue weighted by atomic mass is 16.5. The minimum atomic E-state index is 0.503. The third kappa shape index (κ3) is 6.13. The fourth-order valence-electron chi connectivity index (χ4n) is 7.07. The molecule has 5 heteroatoms. The van der Waals surface area contributed by atoms with Gasteiger partial charge in [0, 0.05) is 40.4 Å². The molecule has 0 spiro atoms. The Bertz CT molecular complexity index is 2250. The maximum Gasteiger partial charge on any atom is 0.137 e. The number of hydrogen-bond donors (Lipinski definition) is 0. The molecule has 3 aromatic heterocycles. The maximum absolute atomic E-state index is 6.74. The second-order valence-electron chi connectivity index (χ2n) is 14.0. The molecule has 0 unspecified atom stereocenters. The van der Waals surface area contributed by atoms with Crippen LogP contribution in [0.3, 0.4) is 0 Å². The SMILES string of the molecule is Cc1ccnc(-n2c3ccc(CC(C)C)cc3c3ccc(Oc4cc(CC(C)C)cc(-n5nc(C)c(-c6ccccc6)c5C)c4)cc32)c1. The van der Waals surface area contributed by atoms with E-state index in [0.29, 0.717) is 11.8 Å². The Kier molecular flexibility index (Phi) is 8.38. The van der Waals surface area contributed by atoms with Crippen molar-refractivity contribution in [3.05, 3.63) is 131 Å². The maximum atomic E-state index is 6.74. The molecule has 0 aliphatic rings. The molecular weight excluding hydrogens is 589 g/mol. The molecule has 7 rings (SSSR count). The monoisotopic (exact) mass is 632 g/mol. The summed E-state index contributed by atoms with van der Waals surface area (Å²) in [5, 5.41) is 7.44. The molecule has 4 aromatic carbocycles. The van der Waals surface area contributed by atoms with E-state index in [9.17, 15) is 0 Å². The zero-order valence-electron chi connectivity index (χ0n) is 29.1. The van der Waals surface area contributed by atoms with E-state index in [1.54, 1.807) is 0 Å². The number of benzene rings is 4. The lowest BCUT2D eigenvalue weighted by atomic mass is 10.0. The second-order valence-corrected chi connectivity index (χ2v) is 14.0. The molecule has 48 heavy (non-hydrogen) atoms. The molecule has 0 radical (unpaired) electrons. The lowest BCUT2D eigenvalue weighted by Crippen LogP contribution is -2.03. The number of rotatable bonds is 9. The highest BCUT2D eigenvalue weighted by molar-refractivity contribution is 6.09. The number of aryl methyl sites for hydroxylation is 2. The predicted molar refractivity (Wildman–Crippen MR) is 199 cm³/mol. The quantitative estimate of drug-likeness (QED) is 0.159. The van der Waals surface area contributed by atoms with Gasteiger partial charge in [-0.3, -0.25) is 4.57 Å². The fourth-order valence-corrected chi connectivity index (χ4v) is 7.07. The summed E-state index contributed by atoms with van der Waals surface area (Å²) in [5.74, 6) is 3.58. The third-order valence-electron chi connectivity index (χ3n) is 9.01. The van der Waals surface area contributed by atoms with Crippen LogP contribution in [0, 0.1) is 32.6 Å². The molecule has 5 nitrogen and oxygen atoms in total. The van der Waals surface area contributed by atoms with Crippen LogP contribution in [0.2, 0.25) is 0 Å². The highest BCUT2D eigenvalue weighted by Gasteiger charge is 2.18. The van der Waals surface area contributed by atoms with Crippen molar-refractivity contribution in [1.29, 1.82) is 0 Å². The van der Waals surface area contributed by atoms with E-state index in [2.05, 4.69) is 149 Å². The summed E-state index contributed by atoms with van der Waals surface area (Å²) in [7, 11) is 0. The first-order valence-electron chi connectivity index (χ1n) is 17.1.